The first-order valence-corrected chi connectivity index (χ1v) is 9.48. The predicted molar refractivity (Wildman–Crippen MR) is 114 cm³/mol. The highest BCUT2D eigenvalue weighted by atomic mass is 16.5. The molecule has 2 rings (SSSR count). The number of aryl methyl sites for hydroxylation is 1. The number of nitrogens with one attached hydrogen (secondary N) is 2. The fourth-order valence-corrected chi connectivity index (χ4v) is 2.70. The molecule has 0 aliphatic heterocycles. The number of hydrogen-bond donors (Lipinski definition) is 2. The van der Waals surface area contributed by atoms with E-state index in [0.29, 0.717) is 23.6 Å². The largest absolute Gasteiger partial charge is 0.497 e. The summed E-state index contributed by atoms with van der Waals surface area (Å²) >= 11 is 0. The maximum atomic E-state index is 12.8. The molecule has 0 radical (unpaired) electrons. The van der Waals surface area contributed by atoms with Gasteiger partial charge in [-0.15, -0.1) is 0 Å². The molecule has 8 nitrogen and oxygen atoms in total. The summed E-state index contributed by atoms with van der Waals surface area (Å²) in [6, 6.07) is 14.0. The Morgan fingerprint density at radius 2 is 1.73 bits per heavy atom. The van der Waals surface area contributed by atoms with Gasteiger partial charge in [-0.3, -0.25) is 14.4 Å². The van der Waals surface area contributed by atoms with Crippen LogP contribution in [0.15, 0.2) is 48.5 Å². The number of carbonyl (C=O) groups is 3. The third kappa shape index (κ3) is 7.21. The van der Waals surface area contributed by atoms with Gasteiger partial charge in [0.1, 0.15) is 5.75 Å². The van der Waals surface area contributed by atoms with Gasteiger partial charge in [0.2, 0.25) is 11.8 Å². The molecule has 0 atom stereocenters. The molecule has 0 unspecified atom stereocenters. The molecule has 0 aliphatic carbocycles. The molecule has 0 saturated carbocycles. The number of nitrogens with zero attached hydrogens (tertiary/aromatic N) is 1. The van der Waals surface area contributed by atoms with Gasteiger partial charge in [0.25, 0.3) is 5.91 Å². The summed E-state index contributed by atoms with van der Waals surface area (Å²) in [5.74, 6) is -0.400. The van der Waals surface area contributed by atoms with Crippen LogP contribution in [0.25, 0.3) is 0 Å². The highest BCUT2D eigenvalue weighted by Crippen LogP contribution is 2.14. The van der Waals surface area contributed by atoms with Crippen molar-refractivity contribution in [2.75, 3.05) is 45.8 Å². The molecule has 0 heterocycles. The van der Waals surface area contributed by atoms with Crippen LogP contribution < -0.4 is 15.4 Å². The van der Waals surface area contributed by atoms with E-state index in [0.717, 1.165) is 5.56 Å². The number of rotatable bonds is 10. The molecule has 3 amide bonds. The Labute approximate surface area is 176 Å². The van der Waals surface area contributed by atoms with Gasteiger partial charge in [-0.25, -0.2) is 0 Å². The van der Waals surface area contributed by atoms with Crippen LogP contribution in [0.1, 0.15) is 15.9 Å². The average molecular weight is 413 g/mol. The van der Waals surface area contributed by atoms with Crippen molar-refractivity contribution in [3.63, 3.8) is 0 Å². The molecule has 8 heteroatoms. The van der Waals surface area contributed by atoms with Gasteiger partial charge in [-0.05, 0) is 43.3 Å². The summed E-state index contributed by atoms with van der Waals surface area (Å²) in [5, 5.41) is 5.22. The van der Waals surface area contributed by atoms with Crippen molar-refractivity contribution in [1.82, 2.24) is 10.2 Å². The summed E-state index contributed by atoms with van der Waals surface area (Å²) in [7, 11) is 3.08. The standard InChI is InChI=1S/C22H27N3O5/c1-16-5-4-6-17(13-16)22(28)25(11-12-29-2)15-21(27)23-14-20(26)24-18-7-9-19(30-3)10-8-18/h4-10,13H,11-12,14-15H2,1-3H3,(H,23,27)(H,24,26). The SMILES string of the molecule is COCCN(CC(=O)NCC(=O)Nc1ccc(OC)cc1)C(=O)c1cccc(C)c1. The number of anilines is 1. The molecule has 2 aromatic rings. The van der Waals surface area contributed by atoms with Crippen LogP contribution >= 0.6 is 0 Å². The van der Waals surface area contributed by atoms with E-state index in [-0.39, 0.29) is 31.4 Å². The number of ether oxygens (including phenoxy) is 2. The molecule has 0 aliphatic rings. The van der Waals surface area contributed by atoms with E-state index in [1.165, 1.54) is 12.0 Å². The second-order valence-electron chi connectivity index (χ2n) is 6.64. The molecule has 30 heavy (non-hydrogen) atoms. The lowest BCUT2D eigenvalue weighted by Crippen LogP contribution is -2.44. The first-order valence-electron chi connectivity index (χ1n) is 9.48. The van der Waals surface area contributed by atoms with Crippen molar-refractivity contribution in [1.29, 1.82) is 0 Å². The summed E-state index contributed by atoms with van der Waals surface area (Å²) in [5.41, 5.74) is 2.04. The van der Waals surface area contributed by atoms with Gasteiger partial charge in [0, 0.05) is 24.9 Å². The molecule has 0 saturated heterocycles. The van der Waals surface area contributed by atoms with E-state index < -0.39 is 5.91 Å². The van der Waals surface area contributed by atoms with E-state index in [1.54, 1.807) is 49.6 Å². The molecule has 2 N–H and O–H groups in total. The molecule has 160 valence electrons. The van der Waals surface area contributed by atoms with Crippen LogP contribution in [0.3, 0.4) is 0 Å². The van der Waals surface area contributed by atoms with E-state index >= 15 is 0 Å². The Hall–Kier alpha value is -3.39. The molecule has 2 aromatic carbocycles. The van der Waals surface area contributed by atoms with E-state index in [4.69, 9.17) is 9.47 Å². The number of methoxy groups -OCH3 is 2. The van der Waals surface area contributed by atoms with Crippen LogP contribution in [0.4, 0.5) is 5.69 Å². The lowest BCUT2D eigenvalue weighted by Gasteiger charge is -2.22. The third-order valence-electron chi connectivity index (χ3n) is 4.27. The van der Waals surface area contributed by atoms with Crippen LogP contribution in [0.5, 0.6) is 5.75 Å². The molecular weight excluding hydrogens is 386 g/mol. The first kappa shape index (κ1) is 22.9. The van der Waals surface area contributed by atoms with Crippen LogP contribution in [-0.2, 0) is 14.3 Å². The minimum atomic E-state index is -0.433. The highest BCUT2D eigenvalue weighted by Gasteiger charge is 2.19. The summed E-state index contributed by atoms with van der Waals surface area (Å²) in [4.78, 5) is 38.6. The fourth-order valence-electron chi connectivity index (χ4n) is 2.70. The molecule has 0 fully saturated rings. The zero-order valence-corrected chi connectivity index (χ0v) is 17.4. The second-order valence-corrected chi connectivity index (χ2v) is 6.64. The Morgan fingerprint density at radius 1 is 1.00 bits per heavy atom. The highest BCUT2D eigenvalue weighted by molar-refractivity contribution is 5.98. The van der Waals surface area contributed by atoms with Crippen molar-refractivity contribution in [3.05, 3.63) is 59.7 Å². The Balaban J connectivity index is 1.89. The van der Waals surface area contributed by atoms with E-state index in [2.05, 4.69) is 10.6 Å². The lowest BCUT2D eigenvalue weighted by molar-refractivity contribution is -0.124. The summed E-state index contributed by atoms with van der Waals surface area (Å²) in [6.07, 6.45) is 0. The zero-order valence-electron chi connectivity index (χ0n) is 17.4. The van der Waals surface area contributed by atoms with Gasteiger partial charge in [0.05, 0.1) is 26.8 Å². The number of benzene rings is 2. The van der Waals surface area contributed by atoms with Crippen LogP contribution in [-0.4, -0.2) is 63.1 Å². The lowest BCUT2D eigenvalue weighted by atomic mass is 10.1. The van der Waals surface area contributed by atoms with Crippen molar-refractivity contribution in [2.24, 2.45) is 0 Å². The quantitative estimate of drug-likeness (QED) is 0.620. The first-order chi connectivity index (χ1) is 14.4. The molecule has 0 aromatic heterocycles. The van der Waals surface area contributed by atoms with E-state index in [9.17, 15) is 14.4 Å². The zero-order chi connectivity index (χ0) is 21.9. The number of carbonyl (C=O) groups excluding carboxylic acids is 3. The smallest absolute Gasteiger partial charge is 0.254 e. The average Bonchev–Trinajstić information content (AvgIpc) is 2.75. The van der Waals surface area contributed by atoms with Crippen LogP contribution in [0.2, 0.25) is 0 Å². The Bertz CT molecular complexity index is 867. The molecule has 0 bridgehead atoms. The maximum Gasteiger partial charge on any atom is 0.254 e. The van der Waals surface area contributed by atoms with Gasteiger partial charge in [-0.2, -0.15) is 0 Å². The van der Waals surface area contributed by atoms with Crippen molar-refractivity contribution in [3.8, 4) is 5.75 Å². The topological polar surface area (TPSA) is 97.0 Å². The Morgan fingerprint density at radius 3 is 2.37 bits per heavy atom. The summed E-state index contributed by atoms with van der Waals surface area (Å²) in [6.45, 7) is 2.06. The molecular formula is C22H27N3O5. The second kappa shape index (κ2) is 11.6. The molecule has 0 spiro atoms. The predicted octanol–water partition coefficient (Wildman–Crippen LogP) is 1.85. The van der Waals surface area contributed by atoms with Gasteiger partial charge in [0.15, 0.2) is 0 Å². The monoisotopic (exact) mass is 413 g/mol. The minimum Gasteiger partial charge on any atom is -0.497 e. The fraction of sp³-hybridized carbons (Fsp3) is 0.318. The van der Waals surface area contributed by atoms with Crippen LogP contribution in [0, 0.1) is 6.92 Å². The van der Waals surface area contributed by atoms with Gasteiger partial charge >= 0.3 is 0 Å². The van der Waals surface area contributed by atoms with Gasteiger partial charge < -0.3 is 25.0 Å². The number of amides is 3. The minimum absolute atomic E-state index is 0.175. The maximum absolute atomic E-state index is 12.8. The van der Waals surface area contributed by atoms with Crippen molar-refractivity contribution < 1.29 is 23.9 Å². The van der Waals surface area contributed by atoms with Crippen molar-refractivity contribution >= 4 is 23.4 Å². The third-order valence-corrected chi connectivity index (χ3v) is 4.27. The van der Waals surface area contributed by atoms with Crippen molar-refractivity contribution in [2.45, 2.75) is 6.92 Å². The Kier molecular flexibility index (Phi) is 8.83. The van der Waals surface area contributed by atoms with Gasteiger partial charge in [-0.1, -0.05) is 17.7 Å². The summed E-state index contributed by atoms with van der Waals surface area (Å²) < 4.78 is 10.1. The van der Waals surface area contributed by atoms with E-state index in [1.807, 2.05) is 13.0 Å². The number of hydrogen-bond acceptors (Lipinski definition) is 5. The normalized spacial score (nSPS) is 10.2.